The van der Waals surface area contributed by atoms with Gasteiger partial charge in [0.1, 0.15) is 11.5 Å². The van der Waals surface area contributed by atoms with Gasteiger partial charge in [-0.05, 0) is 54.2 Å². The van der Waals surface area contributed by atoms with Crippen LogP contribution in [0.4, 0.5) is 5.13 Å². The SMILES string of the molecule is COc1cc2nc(Sc3nnc(N)s3)n(-c3ccc(Oc4ccccc4)cc3)c(=O)c2cc1OC. The zero-order valence-electron chi connectivity index (χ0n) is 18.7. The molecule has 0 fully saturated rings. The quantitative estimate of drug-likeness (QED) is 0.312. The lowest BCUT2D eigenvalue weighted by molar-refractivity contribution is 0.355. The molecular formula is C24H19N5O4S2. The Bertz CT molecular complexity index is 1550. The molecule has 11 heteroatoms. The van der Waals surface area contributed by atoms with E-state index in [2.05, 4.69) is 10.2 Å². The van der Waals surface area contributed by atoms with Gasteiger partial charge in [-0.3, -0.25) is 9.36 Å². The Morgan fingerprint density at radius 1 is 0.914 bits per heavy atom. The smallest absolute Gasteiger partial charge is 0.266 e. The van der Waals surface area contributed by atoms with Crippen molar-refractivity contribution in [3.8, 4) is 28.7 Å². The molecule has 35 heavy (non-hydrogen) atoms. The predicted molar refractivity (Wildman–Crippen MR) is 135 cm³/mol. The second kappa shape index (κ2) is 9.65. The van der Waals surface area contributed by atoms with Gasteiger partial charge in [-0.2, -0.15) is 0 Å². The Morgan fingerprint density at radius 2 is 1.60 bits per heavy atom. The largest absolute Gasteiger partial charge is 0.493 e. The van der Waals surface area contributed by atoms with Gasteiger partial charge in [0.2, 0.25) is 5.13 Å². The highest BCUT2D eigenvalue weighted by Crippen LogP contribution is 2.35. The van der Waals surface area contributed by atoms with Crippen molar-refractivity contribution in [1.29, 1.82) is 0 Å². The number of methoxy groups -OCH3 is 2. The zero-order valence-corrected chi connectivity index (χ0v) is 20.3. The van der Waals surface area contributed by atoms with Gasteiger partial charge in [0.15, 0.2) is 21.0 Å². The molecule has 0 saturated heterocycles. The lowest BCUT2D eigenvalue weighted by Crippen LogP contribution is -2.21. The summed E-state index contributed by atoms with van der Waals surface area (Å²) in [4.78, 5) is 18.5. The topological polar surface area (TPSA) is 114 Å². The van der Waals surface area contributed by atoms with Crippen molar-refractivity contribution in [2.45, 2.75) is 9.50 Å². The second-order valence-corrected chi connectivity index (χ2v) is 9.40. The number of nitrogen functional groups attached to an aromatic ring is 1. The van der Waals surface area contributed by atoms with Gasteiger partial charge in [0.05, 0.1) is 30.8 Å². The highest BCUT2D eigenvalue weighted by Gasteiger charge is 2.18. The third-order valence-electron chi connectivity index (χ3n) is 5.02. The molecule has 0 aliphatic rings. The van der Waals surface area contributed by atoms with E-state index in [9.17, 15) is 4.79 Å². The summed E-state index contributed by atoms with van der Waals surface area (Å²) in [6.07, 6.45) is 0. The molecule has 0 bridgehead atoms. The van der Waals surface area contributed by atoms with Gasteiger partial charge in [-0.15, -0.1) is 10.2 Å². The molecule has 0 aliphatic carbocycles. The number of benzene rings is 3. The summed E-state index contributed by atoms with van der Waals surface area (Å²) in [6, 6.07) is 20.0. The maximum Gasteiger partial charge on any atom is 0.266 e. The highest BCUT2D eigenvalue weighted by molar-refractivity contribution is 8.00. The molecule has 176 valence electrons. The van der Waals surface area contributed by atoms with Gasteiger partial charge in [0, 0.05) is 6.07 Å². The fraction of sp³-hybridized carbons (Fsp3) is 0.0833. The number of para-hydroxylation sites is 1. The summed E-state index contributed by atoms with van der Waals surface area (Å²) in [7, 11) is 3.05. The number of anilines is 1. The maximum absolute atomic E-state index is 13.7. The van der Waals surface area contributed by atoms with Gasteiger partial charge in [-0.25, -0.2) is 4.98 Å². The molecule has 0 amide bonds. The van der Waals surface area contributed by atoms with Crippen LogP contribution in [0.5, 0.6) is 23.0 Å². The van der Waals surface area contributed by atoms with Crippen molar-refractivity contribution in [2.24, 2.45) is 0 Å². The van der Waals surface area contributed by atoms with E-state index >= 15 is 0 Å². The van der Waals surface area contributed by atoms with Crippen LogP contribution in [0.3, 0.4) is 0 Å². The lowest BCUT2D eigenvalue weighted by Gasteiger charge is -2.14. The minimum Gasteiger partial charge on any atom is -0.493 e. The molecule has 5 rings (SSSR count). The molecule has 0 spiro atoms. The van der Waals surface area contributed by atoms with E-state index in [1.807, 2.05) is 30.3 Å². The molecule has 0 saturated carbocycles. The van der Waals surface area contributed by atoms with E-state index in [1.54, 1.807) is 36.4 Å². The molecule has 2 heterocycles. The minimum atomic E-state index is -0.271. The zero-order chi connectivity index (χ0) is 24.4. The van der Waals surface area contributed by atoms with Gasteiger partial charge < -0.3 is 19.9 Å². The summed E-state index contributed by atoms with van der Waals surface area (Å²) in [5.41, 5.74) is 6.56. The van der Waals surface area contributed by atoms with Crippen molar-refractivity contribution in [3.05, 3.63) is 77.1 Å². The van der Waals surface area contributed by atoms with E-state index in [4.69, 9.17) is 24.9 Å². The van der Waals surface area contributed by atoms with Crippen LogP contribution in [0.2, 0.25) is 0 Å². The fourth-order valence-electron chi connectivity index (χ4n) is 3.42. The van der Waals surface area contributed by atoms with Crippen molar-refractivity contribution >= 4 is 39.1 Å². The van der Waals surface area contributed by atoms with Crippen LogP contribution >= 0.6 is 23.1 Å². The van der Waals surface area contributed by atoms with Crippen LogP contribution in [0.25, 0.3) is 16.6 Å². The lowest BCUT2D eigenvalue weighted by atomic mass is 10.2. The summed E-state index contributed by atoms with van der Waals surface area (Å²) in [5.74, 6) is 2.27. The Balaban J connectivity index is 1.63. The van der Waals surface area contributed by atoms with Crippen LogP contribution in [0.15, 0.2) is 81.0 Å². The van der Waals surface area contributed by atoms with Gasteiger partial charge in [-0.1, -0.05) is 29.5 Å². The number of nitrogens with two attached hydrogens (primary N) is 1. The van der Waals surface area contributed by atoms with Crippen LogP contribution < -0.4 is 25.5 Å². The van der Waals surface area contributed by atoms with Crippen molar-refractivity contribution in [2.75, 3.05) is 20.0 Å². The predicted octanol–water partition coefficient (Wildman–Crippen LogP) is 4.78. The molecule has 2 aromatic heterocycles. The van der Waals surface area contributed by atoms with Crippen LogP contribution in [0, 0.1) is 0 Å². The van der Waals surface area contributed by atoms with Crippen molar-refractivity contribution in [1.82, 2.24) is 19.7 Å². The van der Waals surface area contributed by atoms with E-state index in [0.717, 1.165) is 5.75 Å². The Labute approximate surface area is 208 Å². The first-order chi connectivity index (χ1) is 17.1. The monoisotopic (exact) mass is 505 g/mol. The Morgan fingerprint density at radius 3 is 2.26 bits per heavy atom. The number of hydrogen-bond donors (Lipinski definition) is 1. The average molecular weight is 506 g/mol. The molecule has 5 aromatic rings. The standard InChI is InChI=1S/C24H19N5O4S2/c1-31-19-12-17-18(13-20(19)32-2)26-23(35-24-28-27-22(25)34-24)29(21(17)30)14-8-10-16(11-9-14)33-15-6-4-3-5-7-15/h3-13H,1-2H3,(H2,25,27). The van der Waals surface area contributed by atoms with Crippen LogP contribution in [0.1, 0.15) is 0 Å². The summed E-state index contributed by atoms with van der Waals surface area (Å²) in [5, 5.41) is 9.04. The van der Waals surface area contributed by atoms with E-state index in [0.29, 0.717) is 48.5 Å². The summed E-state index contributed by atoms with van der Waals surface area (Å²) >= 11 is 2.42. The number of hydrogen-bond acceptors (Lipinski definition) is 10. The molecule has 2 N–H and O–H groups in total. The van der Waals surface area contributed by atoms with Crippen molar-refractivity contribution in [3.63, 3.8) is 0 Å². The molecule has 3 aromatic carbocycles. The Hall–Kier alpha value is -4.09. The normalized spacial score (nSPS) is 10.9. The van der Waals surface area contributed by atoms with Gasteiger partial charge >= 0.3 is 0 Å². The first-order valence-corrected chi connectivity index (χ1v) is 12.0. The first-order valence-electron chi connectivity index (χ1n) is 10.3. The molecule has 0 atom stereocenters. The average Bonchev–Trinajstić information content (AvgIpc) is 3.29. The fourth-order valence-corrected chi connectivity index (χ4v) is 5.07. The van der Waals surface area contributed by atoms with Gasteiger partial charge in [0.25, 0.3) is 5.56 Å². The molecule has 0 unspecified atom stereocenters. The molecule has 0 aliphatic heterocycles. The summed E-state index contributed by atoms with van der Waals surface area (Å²) in [6.45, 7) is 0. The number of rotatable bonds is 7. The number of nitrogens with zero attached hydrogens (tertiary/aromatic N) is 4. The number of fused-ring (bicyclic) bond motifs is 1. The molecule has 9 nitrogen and oxygen atoms in total. The maximum atomic E-state index is 13.7. The van der Waals surface area contributed by atoms with E-state index in [1.165, 1.54) is 41.9 Å². The Kier molecular flexibility index (Phi) is 6.25. The van der Waals surface area contributed by atoms with Crippen LogP contribution in [-0.2, 0) is 0 Å². The molecular weight excluding hydrogens is 486 g/mol. The van der Waals surface area contributed by atoms with Crippen LogP contribution in [-0.4, -0.2) is 34.0 Å². The highest BCUT2D eigenvalue weighted by atomic mass is 32.2. The third kappa shape index (κ3) is 4.63. The molecule has 0 radical (unpaired) electrons. The first kappa shape index (κ1) is 22.7. The van der Waals surface area contributed by atoms with Crippen molar-refractivity contribution < 1.29 is 14.2 Å². The van der Waals surface area contributed by atoms with E-state index < -0.39 is 0 Å². The third-order valence-corrected chi connectivity index (χ3v) is 6.78. The second-order valence-electron chi connectivity index (χ2n) is 7.18. The number of aromatic nitrogens is 4. The minimum absolute atomic E-state index is 0.271. The van der Waals surface area contributed by atoms with E-state index in [-0.39, 0.29) is 5.56 Å². The number of ether oxygens (including phenoxy) is 3. The summed E-state index contributed by atoms with van der Waals surface area (Å²) < 4.78 is 18.7.